The molecule has 3 rings (SSSR count). The van der Waals surface area contributed by atoms with Crippen molar-refractivity contribution in [2.75, 3.05) is 18.2 Å². The lowest BCUT2D eigenvalue weighted by Gasteiger charge is -2.12. The summed E-state index contributed by atoms with van der Waals surface area (Å²) in [7, 11) is 1.53. The smallest absolute Gasteiger partial charge is 0.417 e. The van der Waals surface area contributed by atoms with E-state index >= 15 is 0 Å². The first-order chi connectivity index (χ1) is 13.8. The van der Waals surface area contributed by atoms with Crippen molar-refractivity contribution in [1.82, 2.24) is 14.8 Å². The second-order valence-corrected chi connectivity index (χ2v) is 7.03. The average molecular weight is 443 g/mol. The fourth-order valence-electron chi connectivity index (χ4n) is 2.46. The molecule has 1 N–H and O–H groups in total. The van der Waals surface area contributed by atoms with Gasteiger partial charge in [0.15, 0.2) is 5.16 Å². The summed E-state index contributed by atoms with van der Waals surface area (Å²) >= 11 is 6.66. The number of anilines is 1. The van der Waals surface area contributed by atoms with Crippen LogP contribution in [0.4, 0.5) is 18.9 Å². The van der Waals surface area contributed by atoms with Gasteiger partial charge in [-0.2, -0.15) is 13.2 Å². The number of carbonyl (C=O) groups is 1. The van der Waals surface area contributed by atoms with Gasteiger partial charge in [-0.3, -0.25) is 9.36 Å². The second-order valence-electron chi connectivity index (χ2n) is 5.68. The maximum Gasteiger partial charge on any atom is 0.417 e. The van der Waals surface area contributed by atoms with Crippen molar-refractivity contribution in [3.05, 3.63) is 59.4 Å². The minimum Gasteiger partial charge on any atom is -0.495 e. The maximum absolute atomic E-state index is 12.9. The highest BCUT2D eigenvalue weighted by atomic mass is 35.5. The Morgan fingerprint density at radius 1 is 1.28 bits per heavy atom. The highest BCUT2D eigenvalue weighted by Crippen LogP contribution is 2.36. The largest absolute Gasteiger partial charge is 0.495 e. The van der Waals surface area contributed by atoms with Gasteiger partial charge in [-0.15, -0.1) is 10.2 Å². The van der Waals surface area contributed by atoms with E-state index in [1.54, 1.807) is 16.7 Å². The SMILES string of the molecule is COc1ccccc1-n1cnnc1SCC(=O)Nc1ccc(Cl)c(C(F)(F)F)c1. The summed E-state index contributed by atoms with van der Waals surface area (Å²) in [5.41, 5.74) is -0.325. The highest BCUT2D eigenvalue weighted by Gasteiger charge is 2.33. The van der Waals surface area contributed by atoms with Crippen LogP contribution >= 0.6 is 23.4 Å². The molecule has 0 atom stereocenters. The lowest BCUT2D eigenvalue weighted by molar-refractivity contribution is -0.137. The van der Waals surface area contributed by atoms with Gasteiger partial charge in [-0.25, -0.2) is 0 Å². The monoisotopic (exact) mass is 442 g/mol. The first kappa shape index (κ1) is 21.0. The number of thioether (sulfide) groups is 1. The Kier molecular flexibility index (Phi) is 6.33. The molecule has 0 aliphatic carbocycles. The number of alkyl halides is 3. The summed E-state index contributed by atoms with van der Waals surface area (Å²) in [6.07, 6.45) is -3.13. The zero-order valence-electron chi connectivity index (χ0n) is 14.9. The number of amides is 1. The lowest BCUT2D eigenvalue weighted by Crippen LogP contribution is -2.15. The predicted molar refractivity (Wildman–Crippen MR) is 104 cm³/mol. The van der Waals surface area contributed by atoms with E-state index in [-0.39, 0.29) is 11.4 Å². The molecule has 0 unspecified atom stereocenters. The van der Waals surface area contributed by atoms with Gasteiger partial charge in [-0.1, -0.05) is 35.5 Å². The molecule has 11 heteroatoms. The topological polar surface area (TPSA) is 69.0 Å². The van der Waals surface area contributed by atoms with Gasteiger partial charge in [0.1, 0.15) is 12.1 Å². The molecule has 29 heavy (non-hydrogen) atoms. The molecule has 0 aliphatic rings. The molecule has 3 aromatic rings. The van der Waals surface area contributed by atoms with Gasteiger partial charge in [-0.05, 0) is 30.3 Å². The van der Waals surface area contributed by atoms with E-state index in [0.717, 1.165) is 23.9 Å². The van der Waals surface area contributed by atoms with Gasteiger partial charge in [0.2, 0.25) is 5.91 Å². The summed E-state index contributed by atoms with van der Waals surface area (Å²) in [6, 6.07) is 10.4. The van der Waals surface area contributed by atoms with Crippen molar-refractivity contribution in [2.45, 2.75) is 11.3 Å². The first-order valence-corrected chi connectivity index (χ1v) is 9.48. The van der Waals surface area contributed by atoms with E-state index in [1.165, 1.54) is 19.5 Å². The highest BCUT2D eigenvalue weighted by molar-refractivity contribution is 7.99. The number of ether oxygens (including phenoxy) is 1. The van der Waals surface area contributed by atoms with Crippen LogP contribution < -0.4 is 10.1 Å². The van der Waals surface area contributed by atoms with E-state index in [4.69, 9.17) is 16.3 Å². The zero-order valence-corrected chi connectivity index (χ0v) is 16.5. The molecule has 0 saturated heterocycles. The molecular weight excluding hydrogens is 429 g/mol. The van der Waals surface area contributed by atoms with Gasteiger partial charge in [0.05, 0.1) is 29.1 Å². The number of hydrogen-bond donors (Lipinski definition) is 1. The number of halogens is 4. The molecule has 0 radical (unpaired) electrons. The van der Waals surface area contributed by atoms with Crippen LogP contribution in [0.1, 0.15) is 5.56 Å². The van der Waals surface area contributed by atoms with Crippen molar-refractivity contribution >= 4 is 35.0 Å². The standard InChI is InChI=1S/C18H14ClF3N4O2S/c1-28-15-5-3-2-4-14(15)26-10-23-25-17(26)29-9-16(27)24-11-6-7-13(19)12(8-11)18(20,21)22/h2-8,10H,9H2,1H3,(H,24,27). The van der Waals surface area contributed by atoms with Crippen LogP contribution in [0.5, 0.6) is 5.75 Å². The molecule has 6 nitrogen and oxygen atoms in total. The van der Waals surface area contributed by atoms with E-state index in [2.05, 4.69) is 15.5 Å². The molecule has 0 fully saturated rings. The molecule has 0 bridgehead atoms. The van der Waals surface area contributed by atoms with Gasteiger partial charge >= 0.3 is 6.18 Å². The van der Waals surface area contributed by atoms with Crippen LogP contribution in [0.15, 0.2) is 53.9 Å². The normalized spacial score (nSPS) is 11.3. The quantitative estimate of drug-likeness (QED) is 0.561. The average Bonchev–Trinajstić information content (AvgIpc) is 3.15. The zero-order chi connectivity index (χ0) is 21.0. The molecule has 2 aromatic carbocycles. The van der Waals surface area contributed by atoms with Gasteiger partial charge in [0, 0.05) is 5.69 Å². The minimum absolute atomic E-state index is 0.00137. The minimum atomic E-state index is -4.61. The predicted octanol–water partition coefficient (Wildman–Crippen LogP) is 4.68. The van der Waals surface area contributed by atoms with Gasteiger partial charge in [0.25, 0.3) is 0 Å². The Bertz CT molecular complexity index is 1030. The van der Waals surface area contributed by atoms with Crippen molar-refractivity contribution in [2.24, 2.45) is 0 Å². The molecule has 0 spiro atoms. The molecule has 152 valence electrons. The van der Waals surface area contributed by atoms with Crippen molar-refractivity contribution in [3.63, 3.8) is 0 Å². The second kappa shape index (κ2) is 8.75. The van der Waals surface area contributed by atoms with E-state index in [9.17, 15) is 18.0 Å². The summed E-state index contributed by atoms with van der Waals surface area (Å²) in [5, 5.41) is 10.2. The number of methoxy groups -OCH3 is 1. The molecule has 1 aromatic heterocycles. The molecular formula is C18H14ClF3N4O2S. The number of benzene rings is 2. The van der Waals surface area contributed by atoms with Crippen molar-refractivity contribution < 1.29 is 22.7 Å². The summed E-state index contributed by atoms with van der Waals surface area (Å²) in [4.78, 5) is 12.2. The third-order valence-corrected chi connectivity index (χ3v) is 5.02. The van der Waals surface area contributed by atoms with Crippen LogP contribution in [0.3, 0.4) is 0 Å². The number of aromatic nitrogens is 3. The Morgan fingerprint density at radius 2 is 2.03 bits per heavy atom. The first-order valence-electron chi connectivity index (χ1n) is 8.12. The van der Waals surface area contributed by atoms with E-state index in [0.29, 0.717) is 16.6 Å². The lowest BCUT2D eigenvalue weighted by atomic mass is 10.2. The molecule has 1 amide bonds. The fraction of sp³-hybridized carbons (Fsp3) is 0.167. The van der Waals surface area contributed by atoms with Crippen LogP contribution in [0, 0.1) is 0 Å². The fourth-order valence-corrected chi connectivity index (χ4v) is 3.41. The van der Waals surface area contributed by atoms with Crippen LogP contribution in [0.25, 0.3) is 5.69 Å². The number of hydrogen-bond acceptors (Lipinski definition) is 5. The molecule has 1 heterocycles. The summed E-state index contributed by atoms with van der Waals surface area (Å²) in [5.74, 6) is 0.0112. The summed E-state index contributed by atoms with van der Waals surface area (Å²) < 4.78 is 45.8. The number of nitrogens with one attached hydrogen (secondary N) is 1. The molecule has 0 aliphatic heterocycles. The van der Waals surface area contributed by atoms with Crippen LogP contribution in [0.2, 0.25) is 5.02 Å². The van der Waals surface area contributed by atoms with Crippen molar-refractivity contribution in [1.29, 1.82) is 0 Å². The van der Waals surface area contributed by atoms with E-state index in [1.807, 2.05) is 12.1 Å². The Labute approximate surface area is 173 Å². The van der Waals surface area contributed by atoms with Crippen LogP contribution in [-0.4, -0.2) is 33.5 Å². The molecule has 0 saturated carbocycles. The Morgan fingerprint density at radius 3 is 2.76 bits per heavy atom. The van der Waals surface area contributed by atoms with Gasteiger partial charge < -0.3 is 10.1 Å². The Balaban J connectivity index is 1.69. The third-order valence-electron chi connectivity index (χ3n) is 3.75. The van der Waals surface area contributed by atoms with Crippen molar-refractivity contribution in [3.8, 4) is 11.4 Å². The maximum atomic E-state index is 12.9. The van der Waals surface area contributed by atoms with E-state index < -0.39 is 22.7 Å². The number of para-hydroxylation sites is 2. The third kappa shape index (κ3) is 5.01. The number of carbonyl (C=O) groups excluding carboxylic acids is 1. The number of nitrogens with zero attached hydrogens (tertiary/aromatic N) is 3. The summed E-state index contributed by atoms with van der Waals surface area (Å²) in [6.45, 7) is 0. The number of rotatable bonds is 6. The Hall–Kier alpha value is -2.72. The van der Waals surface area contributed by atoms with Crippen LogP contribution in [-0.2, 0) is 11.0 Å².